The zero-order chi connectivity index (χ0) is 17.9. The minimum absolute atomic E-state index is 0. The zero-order valence-electron chi connectivity index (χ0n) is 14.0. The van der Waals surface area contributed by atoms with Crippen LogP contribution in [-0.4, -0.2) is 4.57 Å². The van der Waals surface area contributed by atoms with Crippen molar-refractivity contribution in [3.05, 3.63) is 63.3 Å². The van der Waals surface area contributed by atoms with Crippen molar-refractivity contribution in [3.63, 3.8) is 0 Å². The van der Waals surface area contributed by atoms with E-state index in [-0.39, 0.29) is 22.9 Å². The van der Waals surface area contributed by atoms with Crippen molar-refractivity contribution in [2.45, 2.75) is 19.0 Å². The third-order valence-electron chi connectivity index (χ3n) is 4.79. The molecule has 0 saturated heterocycles. The van der Waals surface area contributed by atoms with Crippen LogP contribution < -0.4 is 4.80 Å². The predicted octanol–water partition coefficient (Wildman–Crippen LogP) is 5.96. The Morgan fingerprint density at radius 1 is 1.04 bits per heavy atom. The van der Waals surface area contributed by atoms with Gasteiger partial charge >= 0.3 is 6.18 Å². The normalized spacial score (nSPS) is 15.3. The first-order valence-electron chi connectivity index (χ1n) is 7.84. The zero-order valence-corrected chi connectivity index (χ0v) is 16.5. The molecule has 2 nitrogen and oxygen atoms in total. The first-order chi connectivity index (χ1) is 11.8. The maximum absolute atomic E-state index is 12.8. The summed E-state index contributed by atoms with van der Waals surface area (Å²) in [6.07, 6.45) is -4.33. The summed E-state index contributed by atoms with van der Waals surface area (Å²) >= 11 is 1.46. The molecule has 1 N–H and O–H groups in total. The van der Waals surface area contributed by atoms with Gasteiger partial charge in [-0.05, 0) is 28.8 Å². The van der Waals surface area contributed by atoms with Gasteiger partial charge in [0.2, 0.25) is 0 Å². The third-order valence-corrected chi connectivity index (χ3v) is 6.02. The number of halogens is 4. The van der Waals surface area contributed by atoms with E-state index in [0.29, 0.717) is 4.80 Å². The Morgan fingerprint density at radius 3 is 2.27 bits per heavy atom. The average molecular weight is 441 g/mol. The highest BCUT2D eigenvalue weighted by atomic mass is 79.9. The molecule has 0 fully saturated rings. The second-order valence-corrected chi connectivity index (χ2v) is 7.27. The molecular formula is C19H16BrF3N2S. The number of fused-ring (bicyclic) bond motifs is 3. The highest BCUT2D eigenvalue weighted by Gasteiger charge is 2.33. The standard InChI is InChI=1S/C19H15F3N2S.BrH/c1-10-15-13(11-6-8-12(9-7-11)19(20,21)22)4-3-5-14(15)16-17(10)25-18(23)24(16)2;/h3-10,23H,1-2H3;1H. The average Bonchev–Trinajstić information content (AvgIpc) is 3.02. The number of nitrogens with zero attached hydrogens (tertiary/aromatic N) is 1. The van der Waals surface area contributed by atoms with E-state index in [0.717, 1.165) is 45.0 Å². The van der Waals surface area contributed by atoms with Crippen LogP contribution in [0.1, 0.15) is 28.8 Å². The molecule has 2 aromatic carbocycles. The fraction of sp³-hybridized carbons (Fsp3) is 0.211. The summed E-state index contributed by atoms with van der Waals surface area (Å²) in [7, 11) is 1.88. The molecule has 1 aliphatic rings. The summed E-state index contributed by atoms with van der Waals surface area (Å²) in [4.78, 5) is 1.64. The van der Waals surface area contributed by atoms with Gasteiger partial charge in [0, 0.05) is 23.4 Å². The summed E-state index contributed by atoms with van der Waals surface area (Å²) < 4.78 is 40.3. The van der Waals surface area contributed by atoms with Crippen LogP contribution in [0.25, 0.3) is 22.4 Å². The van der Waals surface area contributed by atoms with E-state index in [9.17, 15) is 13.2 Å². The number of thiazole rings is 1. The first-order valence-corrected chi connectivity index (χ1v) is 8.66. The third kappa shape index (κ3) is 2.74. The molecule has 0 bridgehead atoms. The molecule has 3 aromatic rings. The maximum Gasteiger partial charge on any atom is 0.416 e. The van der Waals surface area contributed by atoms with E-state index in [1.165, 1.54) is 23.5 Å². The van der Waals surface area contributed by atoms with Gasteiger partial charge in [0.1, 0.15) is 0 Å². The minimum atomic E-state index is -4.33. The van der Waals surface area contributed by atoms with Gasteiger partial charge in [-0.1, -0.05) is 37.3 Å². The van der Waals surface area contributed by atoms with E-state index in [1.807, 2.05) is 29.8 Å². The Bertz CT molecular complexity index is 1030. The monoisotopic (exact) mass is 440 g/mol. The van der Waals surface area contributed by atoms with Gasteiger partial charge in [0.05, 0.1) is 11.3 Å². The molecule has 1 heterocycles. The van der Waals surface area contributed by atoms with Crippen molar-refractivity contribution < 1.29 is 13.2 Å². The molecule has 4 rings (SSSR count). The van der Waals surface area contributed by atoms with E-state index in [1.54, 1.807) is 0 Å². The van der Waals surface area contributed by atoms with E-state index >= 15 is 0 Å². The van der Waals surface area contributed by atoms with Gasteiger partial charge in [-0.25, -0.2) is 0 Å². The van der Waals surface area contributed by atoms with Crippen LogP contribution in [0.4, 0.5) is 13.2 Å². The molecule has 1 aliphatic carbocycles. The minimum Gasteiger partial charge on any atom is -0.320 e. The number of nitrogens with one attached hydrogen (secondary N) is 1. The van der Waals surface area contributed by atoms with Crippen LogP contribution in [0.3, 0.4) is 0 Å². The molecule has 0 radical (unpaired) electrons. The summed E-state index contributed by atoms with van der Waals surface area (Å²) in [6, 6.07) is 11.2. The second kappa shape index (κ2) is 6.39. The molecule has 7 heteroatoms. The molecule has 0 saturated carbocycles. The van der Waals surface area contributed by atoms with Crippen molar-refractivity contribution in [3.8, 4) is 22.4 Å². The van der Waals surface area contributed by atoms with Gasteiger partial charge in [-0.2, -0.15) is 13.2 Å². The lowest BCUT2D eigenvalue weighted by molar-refractivity contribution is -0.137. The summed E-state index contributed by atoms with van der Waals surface area (Å²) in [6.45, 7) is 2.09. The molecule has 0 aliphatic heterocycles. The van der Waals surface area contributed by atoms with Crippen LogP contribution in [0.5, 0.6) is 0 Å². The Hall–Kier alpha value is -1.86. The van der Waals surface area contributed by atoms with Gasteiger partial charge in [-0.15, -0.1) is 28.3 Å². The van der Waals surface area contributed by atoms with Crippen molar-refractivity contribution >= 4 is 28.3 Å². The van der Waals surface area contributed by atoms with Crippen molar-refractivity contribution in [1.29, 1.82) is 5.41 Å². The number of hydrogen-bond acceptors (Lipinski definition) is 2. The summed E-state index contributed by atoms with van der Waals surface area (Å²) in [5.74, 6) is 0.124. The highest BCUT2D eigenvalue weighted by Crippen LogP contribution is 2.49. The smallest absolute Gasteiger partial charge is 0.320 e. The second-order valence-electron chi connectivity index (χ2n) is 6.24. The fourth-order valence-corrected chi connectivity index (χ4v) is 4.63. The number of benzene rings is 2. The SMILES string of the molecule is Br.CC1c2sc(=N)n(C)c2-c2cccc(-c3ccc(C(F)(F)F)cc3)c21. The fourth-order valence-electron chi connectivity index (χ4n) is 3.55. The molecule has 1 atom stereocenters. The molecule has 1 unspecified atom stereocenters. The van der Waals surface area contributed by atoms with E-state index < -0.39 is 11.7 Å². The van der Waals surface area contributed by atoms with Crippen LogP contribution in [0.15, 0.2) is 42.5 Å². The number of aromatic nitrogens is 1. The molecular weight excluding hydrogens is 425 g/mol. The first kappa shape index (κ1) is 18.9. The van der Waals surface area contributed by atoms with Crippen LogP contribution in [0.2, 0.25) is 0 Å². The lowest BCUT2D eigenvalue weighted by Gasteiger charge is -2.14. The Balaban J connectivity index is 0.00000196. The van der Waals surface area contributed by atoms with E-state index in [4.69, 9.17) is 5.41 Å². The summed E-state index contributed by atoms with van der Waals surface area (Å²) in [5, 5.41) is 8.02. The largest absolute Gasteiger partial charge is 0.416 e. The van der Waals surface area contributed by atoms with Gasteiger partial charge in [0.15, 0.2) is 4.80 Å². The van der Waals surface area contributed by atoms with Gasteiger partial charge < -0.3 is 4.57 Å². The Labute approximate surface area is 163 Å². The molecule has 0 spiro atoms. The lowest BCUT2D eigenvalue weighted by atomic mass is 9.91. The van der Waals surface area contributed by atoms with Gasteiger partial charge in [-0.3, -0.25) is 5.41 Å². The lowest BCUT2D eigenvalue weighted by Crippen LogP contribution is -2.09. The van der Waals surface area contributed by atoms with Crippen molar-refractivity contribution in [2.75, 3.05) is 0 Å². The van der Waals surface area contributed by atoms with Crippen LogP contribution in [0, 0.1) is 5.41 Å². The number of hydrogen-bond donors (Lipinski definition) is 1. The molecule has 136 valence electrons. The number of rotatable bonds is 1. The molecule has 0 amide bonds. The summed E-state index contributed by atoms with van der Waals surface area (Å²) in [5.41, 5.74) is 4.33. The van der Waals surface area contributed by atoms with Gasteiger partial charge in [0.25, 0.3) is 0 Å². The predicted molar refractivity (Wildman–Crippen MR) is 103 cm³/mol. The maximum atomic E-state index is 12.8. The quantitative estimate of drug-likeness (QED) is 0.483. The van der Waals surface area contributed by atoms with Crippen LogP contribution in [-0.2, 0) is 13.2 Å². The van der Waals surface area contributed by atoms with Crippen molar-refractivity contribution in [2.24, 2.45) is 7.05 Å². The molecule has 1 aromatic heterocycles. The van der Waals surface area contributed by atoms with Crippen LogP contribution >= 0.6 is 28.3 Å². The highest BCUT2D eigenvalue weighted by molar-refractivity contribution is 8.93. The topological polar surface area (TPSA) is 28.8 Å². The number of alkyl halides is 3. The van der Waals surface area contributed by atoms with Crippen molar-refractivity contribution in [1.82, 2.24) is 4.57 Å². The Morgan fingerprint density at radius 2 is 1.65 bits per heavy atom. The van der Waals surface area contributed by atoms with E-state index in [2.05, 4.69) is 6.92 Å². The molecule has 26 heavy (non-hydrogen) atoms. The Kier molecular flexibility index (Phi) is 4.65.